The highest BCUT2D eigenvalue weighted by atomic mass is 32.2. The van der Waals surface area contributed by atoms with Crippen LogP contribution in [-0.4, -0.2) is 45.7 Å². The van der Waals surface area contributed by atoms with Crippen LogP contribution >= 0.6 is 0 Å². The molecule has 0 saturated carbocycles. The average molecular weight is 445 g/mol. The van der Waals surface area contributed by atoms with E-state index in [1.807, 2.05) is 27.7 Å². The quantitative estimate of drug-likeness (QED) is 0.687. The van der Waals surface area contributed by atoms with Gasteiger partial charge in [0.05, 0.1) is 22.3 Å². The molecule has 2 heterocycles. The minimum atomic E-state index is -3.91. The molecule has 1 atom stereocenters. The van der Waals surface area contributed by atoms with Gasteiger partial charge in [0.1, 0.15) is 5.75 Å². The van der Waals surface area contributed by atoms with Crippen molar-refractivity contribution in [3.8, 4) is 11.6 Å². The molecule has 1 aliphatic rings. The van der Waals surface area contributed by atoms with Crippen molar-refractivity contribution >= 4 is 15.9 Å². The smallest absolute Gasteiger partial charge is 0.244 e. The predicted molar refractivity (Wildman–Crippen MR) is 117 cm³/mol. The summed E-state index contributed by atoms with van der Waals surface area (Å²) >= 11 is 0. The molecular weight excluding hydrogens is 416 g/mol. The standard InChI is InChI=1S/C22H28N4O4S/c1-7-19(27)25-18-12-21(3,4)26(22(18,5)6)31(28,29)17-10-8-9-16(11-17)30-20-14-23-13-15(2)24-20/h7-11,13-14,18H,1,12H2,2-6H3,(H,25,27). The van der Waals surface area contributed by atoms with Gasteiger partial charge in [0.25, 0.3) is 0 Å². The van der Waals surface area contributed by atoms with Crippen molar-refractivity contribution in [2.75, 3.05) is 0 Å². The number of amides is 1. The first-order valence-electron chi connectivity index (χ1n) is 9.93. The van der Waals surface area contributed by atoms with E-state index in [-0.39, 0.29) is 22.7 Å². The molecule has 1 unspecified atom stereocenters. The summed E-state index contributed by atoms with van der Waals surface area (Å²) in [6.45, 7) is 12.6. The van der Waals surface area contributed by atoms with E-state index in [9.17, 15) is 13.2 Å². The van der Waals surface area contributed by atoms with Gasteiger partial charge in [-0.05, 0) is 59.2 Å². The summed E-state index contributed by atoms with van der Waals surface area (Å²) in [6, 6.07) is 5.92. The molecule has 0 bridgehead atoms. The number of aromatic nitrogens is 2. The lowest BCUT2D eigenvalue weighted by Crippen LogP contribution is -2.56. The molecule has 8 nitrogen and oxygen atoms in total. The number of carbonyl (C=O) groups excluding carboxylic acids is 1. The highest BCUT2D eigenvalue weighted by molar-refractivity contribution is 7.89. The third-order valence-electron chi connectivity index (χ3n) is 5.43. The van der Waals surface area contributed by atoms with E-state index in [1.165, 1.54) is 28.7 Å². The van der Waals surface area contributed by atoms with Gasteiger partial charge in [-0.2, -0.15) is 4.31 Å². The largest absolute Gasteiger partial charge is 0.437 e. The maximum Gasteiger partial charge on any atom is 0.244 e. The number of hydrogen-bond donors (Lipinski definition) is 1. The lowest BCUT2D eigenvalue weighted by molar-refractivity contribution is -0.117. The fraction of sp³-hybridized carbons (Fsp3) is 0.409. The van der Waals surface area contributed by atoms with Gasteiger partial charge in [0.15, 0.2) is 0 Å². The van der Waals surface area contributed by atoms with Gasteiger partial charge in [-0.3, -0.25) is 9.78 Å². The molecule has 1 saturated heterocycles. The van der Waals surface area contributed by atoms with E-state index in [2.05, 4.69) is 21.9 Å². The number of aryl methyl sites for hydroxylation is 1. The molecule has 3 rings (SSSR count). The third kappa shape index (κ3) is 4.47. The van der Waals surface area contributed by atoms with Crippen molar-refractivity contribution in [3.63, 3.8) is 0 Å². The molecule has 0 radical (unpaired) electrons. The van der Waals surface area contributed by atoms with Crippen LogP contribution in [0.3, 0.4) is 0 Å². The van der Waals surface area contributed by atoms with Gasteiger partial charge in [-0.25, -0.2) is 13.4 Å². The Labute approximate surface area is 183 Å². The third-order valence-corrected chi connectivity index (χ3v) is 7.73. The number of ether oxygens (including phenoxy) is 1. The van der Waals surface area contributed by atoms with Gasteiger partial charge >= 0.3 is 0 Å². The summed E-state index contributed by atoms with van der Waals surface area (Å²) in [7, 11) is -3.91. The SMILES string of the molecule is C=CC(=O)NC1CC(C)(C)N(S(=O)(=O)c2cccc(Oc3cncc(C)n3)c2)C1(C)C. The Morgan fingerprint density at radius 3 is 2.65 bits per heavy atom. The Morgan fingerprint density at radius 2 is 2.00 bits per heavy atom. The monoisotopic (exact) mass is 444 g/mol. The molecule has 31 heavy (non-hydrogen) atoms. The van der Waals surface area contributed by atoms with E-state index in [0.717, 1.165) is 0 Å². The Morgan fingerprint density at radius 1 is 1.29 bits per heavy atom. The zero-order chi connectivity index (χ0) is 23.0. The number of nitrogens with one attached hydrogen (secondary N) is 1. The van der Waals surface area contributed by atoms with Crippen molar-refractivity contribution < 1.29 is 17.9 Å². The summed E-state index contributed by atoms with van der Waals surface area (Å²) in [5, 5.41) is 2.87. The zero-order valence-corrected chi connectivity index (χ0v) is 19.2. The van der Waals surface area contributed by atoms with Crippen LogP contribution in [0.5, 0.6) is 11.6 Å². The molecule has 2 aromatic rings. The molecule has 1 aliphatic heterocycles. The summed E-state index contributed by atoms with van der Waals surface area (Å²) in [5.41, 5.74) is -0.894. The fourth-order valence-electron chi connectivity index (χ4n) is 4.26. The van der Waals surface area contributed by atoms with Crippen molar-refractivity contribution in [2.45, 2.75) is 63.1 Å². The normalized spacial score (nSPS) is 20.2. The Kier molecular flexibility index (Phi) is 5.94. The summed E-state index contributed by atoms with van der Waals surface area (Å²) in [6.07, 6.45) is 4.73. The molecule has 0 aliphatic carbocycles. The van der Waals surface area contributed by atoms with Crippen LogP contribution < -0.4 is 10.1 Å². The summed E-state index contributed by atoms with van der Waals surface area (Å²) < 4.78 is 34.7. The van der Waals surface area contributed by atoms with E-state index in [4.69, 9.17) is 4.74 Å². The minimum Gasteiger partial charge on any atom is -0.437 e. The van der Waals surface area contributed by atoms with Gasteiger partial charge in [0, 0.05) is 23.8 Å². The number of hydrogen-bond acceptors (Lipinski definition) is 6. The topological polar surface area (TPSA) is 101 Å². The van der Waals surface area contributed by atoms with Crippen molar-refractivity contribution in [1.82, 2.24) is 19.6 Å². The molecule has 0 spiro atoms. The first-order chi connectivity index (χ1) is 14.4. The number of nitrogens with zero attached hydrogens (tertiary/aromatic N) is 3. The maximum absolute atomic E-state index is 13.7. The van der Waals surface area contributed by atoms with Gasteiger partial charge in [0.2, 0.25) is 21.8 Å². The molecule has 9 heteroatoms. The molecule has 1 aromatic heterocycles. The highest BCUT2D eigenvalue weighted by Crippen LogP contribution is 2.45. The highest BCUT2D eigenvalue weighted by Gasteiger charge is 2.57. The second-order valence-corrected chi connectivity index (χ2v) is 10.6. The number of benzene rings is 1. The van der Waals surface area contributed by atoms with Crippen LogP contribution in [0, 0.1) is 6.92 Å². The van der Waals surface area contributed by atoms with Gasteiger partial charge in [-0.15, -0.1) is 0 Å². The molecule has 1 aromatic carbocycles. The van der Waals surface area contributed by atoms with Crippen molar-refractivity contribution in [3.05, 3.63) is 55.0 Å². The van der Waals surface area contributed by atoms with Crippen LogP contribution in [-0.2, 0) is 14.8 Å². The van der Waals surface area contributed by atoms with Crippen molar-refractivity contribution in [2.24, 2.45) is 0 Å². The average Bonchev–Trinajstić information content (AvgIpc) is 2.85. The second-order valence-electron chi connectivity index (χ2n) is 8.78. The Balaban J connectivity index is 1.96. The second kappa shape index (κ2) is 8.05. The van der Waals surface area contributed by atoms with Gasteiger partial charge < -0.3 is 10.1 Å². The van der Waals surface area contributed by atoms with E-state index in [0.29, 0.717) is 17.9 Å². The van der Waals surface area contributed by atoms with E-state index < -0.39 is 21.1 Å². The van der Waals surface area contributed by atoms with Crippen molar-refractivity contribution in [1.29, 1.82) is 0 Å². The first kappa shape index (κ1) is 22.9. The maximum atomic E-state index is 13.7. The van der Waals surface area contributed by atoms with Crippen LogP contribution in [0.4, 0.5) is 0 Å². The van der Waals surface area contributed by atoms with Crippen LogP contribution in [0.15, 0.2) is 54.2 Å². The molecule has 1 N–H and O–H groups in total. The summed E-state index contributed by atoms with van der Waals surface area (Å²) in [5.74, 6) is 0.290. The summed E-state index contributed by atoms with van der Waals surface area (Å²) in [4.78, 5) is 20.3. The van der Waals surface area contributed by atoms with Crippen LogP contribution in [0.1, 0.15) is 39.8 Å². The minimum absolute atomic E-state index is 0.0995. The lowest BCUT2D eigenvalue weighted by atomic mass is 9.94. The van der Waals surface area contributed by atoms with Crippen LogP contribution in [0.25, 0.3) is 0 Å². The lowest BCUT2D eigenvalue weighted by Gasteiger charge is -2.40. The zero-order valence-electron chi connectivity index (χ0n) is 18.4. The molecular formula is C22H28N4O4S. The molecule has 1 fully saturated rings. The van der Waals surface area contributed by atoms with E-state index in [1.54, 1.807) is 25.3 Å². The van der Waals surface area contributed by atoms with Gasteiger partial charge in [-0.1, -0.05) is 12.6 Å². The number of carbonyl (C=O) groups is 1. The number of sulfonamides is 1. The molecule has 166 valence electrons. The fourth-order valence-corrected chi connectivity index (χ4v) is 6.46. The van der Waals surface area contributed by atoms with E-state index >= 15 is 0 Å². The molecule has 1 amide bonds. The first-order valence-corrected chi connectivity index (χ1v) is 11.4. The Hall–Kier alpha value is -2.78. The predicted octanol–water partition coefficient (Wildman–Crippen LogP) is 3.20. The Bertz CT molecular complexity index is 1110. The van der Waals surface area contributed by atoms with Crippen LogP contribution in [0.2, 0.25) is 0 Å². The number of rotatable bonds is 6.